The maximum atomic E-state index is 14.0. The Hall–Kier alpha value is -0.930. The molecule has 0 amide bonds. The smallest absolute Gasteiger partial charge is 0.168 e. The zero-order chi connectivity index (χ0) is 19.9. The first-order valence-electron chi connectivity index (χ1n) is 11.3. The molecule has 0 aromatic rings. The van der Waals surface area contributed by atoms with E-state index in [9.17, 15) is 9.90 Å². The largest absolute Gasteiger partial charge is 0.390 e. The number of hydrogen-bond acceptors (Lipinski definition) is 3. The Balaban J connectivity index is 1.69. The Kier molecular flexibility index (Phi) is 3.00. The summed E-state index contributed by atoms with van der Waals surface area (Å²) in [7, 11) is 0. The minimum absolute atomic E-state index is 0.0130. The maximum Gasteiger partial charge on any atom is 0.168 e. The van der Waals surface area contributed by atoms with Crippen LogP contribution in [0, 0.1) is 45.3 Å². The van der Waals surface area contributed by atoms with Crippen molar-refractivity contribution in [2.75, 3.05) is 6.61 Å². The van der Waals surface area contributed by atoms with E-state index in [0.29, 0.717) is 6.61 Å². The van der Waals surface area contributed by atoms with Crippen LogP contribution in [0.5, 0.6) is 0 Å². The van der Waals surface area contributed by atoms with Crippen molar-refractivity contribution in [3.05, 3.63) is 24.3 Å². The van der Waals surface area contributed by atoms with Crippen LogP contribution in [0.25, 0.3) is 0 Å². The molecule has 1 N–H and O–H groups in total. The van der Waals surface area contributed by atoms with Crippen LogP contribution in [0.2, 0.25) is 0 Å². The molecular weight excluding hydrogens is 348 g/mol. The van der Waals surface area contributed by atoms with E-state index < -0.39 is 17.1 Å². The van der Waals surface area contributed by atoms with E-state index in [1.165, 1.54) is 0 Å². The number of rotatable bonds is 0. The van der Waals surface area contributed by atoms with Gasteiger partial charge < -0.3 is 9.84 Å². The number of fused-ring (bicyclic) bond motifs is 1. The van der Waals surface area contributed by atoms with Crippen molar-refractivity contribution in [1.82, 2.24) is 0 Å². The van der Waals surface area contributed by atoms with Gasteiger partial charge in [0.25, 0.3) is 0 Å². The second kappa shape index (κ2) is 4.70. The molecule has 0 unspecified atom stereocenters. The van der Waals surface area contributed by atoms with Crippen LogP contribution in [0.4, 0.5) is 0 Å². The molecule has 4 saturated carbocycles. The second-order valence-electron chi connectivity index (χ2n) is 12.4. The number of Topliss-reactive ketones (excluding diaryl/α,β-unsaturated/α-hetero) is 1. The fourth-order valence-electron chi connectivity index (χ4n) is 9.81. The molecule has 0 aromatic heterocycles. The van der Waals surface area contributed by atoms with Gasteiger partial charge >= 0.3 is 0 Å². The minimum atomic E-state index is -0.742. The van der Waals surface area contributed by atoms with Gasteiger partial charge in [0.1, 0.15) is 5.60 Å². The van der Waals surface area contributed by atoms with Crippen molar-refractivity contribution in [1.29, 1.82) is 0 Å². The molecule has 152 valence electrons. The normalized spacial score (nSPS) is 57.1. The number of carbonyl (C=O) groups excluding carboxylic acids is 1. The Bertz CT molecular complexity index is 837. The van der Waals surface area contributed by atoms with Crippen molar-refractivity contribution in [3.8, 4) is 0 Å². The molecule has 8 atom stereocenters. The Morgan fingerprint density at radius 1 is 1.21 bits per heavy atom. The lowest BCUT2D eigenvalue weighted by Crippen LogP contribution is -2.84. The van der Waals surface area contributed by atoms with Gasteiger partial charge in [0.2, 0.25) is 0 Å². The van der Waals surface area contributed by atoms with Gasteiger partial charge in [0.05, 0.1) is 18.1 Å². The molecule has 7 rings (SSSR count). The third kappa shape index (κ3) is 1.54. The average Bonchev–Trinajstić information content (AvgIpc) is 2.71. The van der Waals surface area contributed by atoms with Crippen LogP contribution >= 0.6 is 0 Å². The number of allylic oxidation sites excluding steroid dienone is 2. The van der Waals surface area contributed by atoms with Gasteiger partial charge in [-0.15, -0.1) is 0 Å². The topological polar surface area (TPSA) is 46.5 Å². The van der Waals surface area contributed by atoms with Crippen molar-refractivity contribution in [2.45, 2.75) is 71.5 Å². The SMILES string of the molecule is C=C1C(=O)[C@@]23[C@@H]4CC(C)(C)C[C@]25OC[C@]2(C=CCC(C)(C)[C@H]2[C@@H]5O)[C@@H]3CC[C@@H]14. The molecule has 0 radical (unpaired) electrons. The van der Waals surface area contributed by atoms with Crippen LogP contribution in [0.3, 0.4) is 0 Å². The highest BCUT2D eigenvalue weighted by Gasteiger charge is 2.86. The zero-order valence-electron chi connectivity index (χ0n) is 17.8. The molecule has 3 spiro atoms. The lowest BCUT2D eigenvalue weighted by molar-refractivity contribution is -0.383. The number of aliphatic hydroxyl groups excluding tert-OH is 1. The summed E-state index contributed by atoms with van der Waals surface area (Å²) in [4.78, 5) is 14.0. The van der Waals surface area contributed by atoms with Crippen molar-refractivity contribution < 1.29 is 14.6 Å². The molecule has 5 aliphatic carbocycles. The van der Waals surface area contributed by atoms with Gasteiger partial charge in [-0.25, -0.2) is 0 Å². The van der Waals surface area contributed by atoms with Crippen LogP contribution < -0.4 is 0 Å². The molecule has 7 aliphatic rings. The van der Waals surface area contributed by atoms with E-state index in [1.54, 1.807) is 0 Å². The molecule has 3 heteroatoms. The Morgan fingerprint density at radius 3 is 2.71 bits per heavy atom. The summed E-state index contributed by atoms with van der Waals surface area (Å²) in [5, 5.41) is 12.1. The lowest BCUT2D eigenvalue weighted by atomic mass is 9.31. The highest BCUT2D eigenvalue weighted by Crippen LogP contribution is 2.81. The van der Waals surface area contributed by atoms with E-state index in [1.807, 2.05) is 0 Å². The van der Waals surface area contributed by atoms with Crippen molar-refractivity contribution in [3.63, 3.8) is 0 Å². The van der Waals surface area contributed by atoms with Gasteiger partial charge in [-0.05, 0) is 66.3 Å². The lowest BCUT2D eigenvalue weighted by Gasteiger charge is -2.77. The fraction of sp³-hybridized carbons (Fsp3) is 0.800. The number of ether oxygens (including phenoxy) is 1. The third-order valence-electron chi connectivity index (χ3n) is 10.2. The van der Waals surface area contributed by atoms with Crippen LogP contribution in [0.1, 0.15) is 59.8 Å². The highest BCUT2D eigenvalue weighted by molar-refractivity contribution is 6.05. The minimum Gasteiger partial charge on any atom is -0.390 e. The summed E-state index contributed by atoms with van der Waals surface area (Å²) in [6.07, 6.45) is 9.05. The van der Waals surface area contributed by atoms with E-state index in [0.717, 1.165) is 37.7 Å². The number of hydrogen-bond donors (Lipinski definition) is 1. The molecule has 6 fully saturated rings. The fourth-order valence-corrected chi connectivity index (χ4v) is 9.81. The molecular formula is C25H34O3. The van der Waals surface area contributed by atoms with Crippen molar-refractivity contribution in [2.24, 2.45) is 45.3 Å². The average molecular weight is 383 g/mol. The summed E-state index contributed by atoms with van der Waals surface area (Å²) < 4.78 is 6.78. The molecule has 2 heterocycles. The number of aliphatic hydroxyl groups is 1. The van der Waals surface area contributed by atoms with Gasteiger partial charge in [-0.1, -0.05) is 46.4 Å². The second-order valence-corrected chi connectivity index (χ2v) is 12.4. The van der Waals surface area contributed by atoms with E-state index in [4.69, 9.17) is 4.74 Å². The van der Waals surface area contributed by atoms with E-state index in [-0.39, 0.29) is 45.7 Å². The predicted molar refractivity (Wildman–Crippen MR) is 107 cm³/mol. The van der Waals surface area contributed by atoms with E-state index >= 15 is 0 Å². The van der Waals surface area contributed by atoms with Crippen molar-refractivity contribution >= 4 is 5.78 Å². The van der Waals surface area contributed by atoms with Gasteiger partial charge in [-0.3, -0.25) is 4.79 Å². The monoisotopic (exact) mass is 382 g/mol. The quantitative estimate of drug-likeness (QED) is 0.502. The molecule has 4 bridgehead atoms. The first-order chi connectivity index (χ1) is 13.0. The molecule has 0 aromatic carbocycles. The van der Waals surface area contributed by atoms with E-state index in [2.05, 4.69) is 46.4 Å². The number of ketones is 1. The summed E-state index contributed by atoms with van der Waals surface area (Å²) in [5.74, 6) is 1.24. The Labute approximate surface area is 168 Å². The molecule has 3 nitrogen and oxygen atoms in total. The van der Waals surface area contributed by atoms with Crippen LogP contribution in [-0.2, 0) is 9.53 Å². The molecule has 28 heavy (non-hydrogen) atoms. The zero-order valence-corrected chi connectivity index (χ0v) is 17.8. The number of carbonyl (C=O) groups is 1. The standard InChI is InChI=1S/C25H34O3/c1-14-15-7-8-17-23-10-6-9-22(4,5)18(23)20(27)24(28-13-23)12-21(2,3)11-16(15)25(17,24)19(14)26/h6,10,15-18,20,27H,1,7-9,11-13H2,2-5H3/t15-,16+,17-,18+,20-,23+,24+,25-/m0/s1. The van der Waals surface area contributed by atoms with Gasteiger partial charge in [-0.2, -0.15) is 0 Å². The molecule has 2 aliphatic heterocycles. The maximum absolute atomic E-state index is 14.0. The molecule has 2 saturated heterocycles. The Morgan fingerprint density at radius 2 is 1.96 bits per heavy atom. The highest BCUT2D eigenvalue weighted by atomic mass is 16.5. The van der Waals surface area contributed by atoms with Crippen LogP contribution in [0.15, 0.2) is 24.3 Å². The van der Waals surface area contributed by atoms with Crippen LogP contribution in [-0.4, -0.2) is 29.2 Å². The summed E-state index contributed by atoms with van der Waals surface area (Å²) in [5.41, 5.74) is -0.609. The third-order valence-corrected chi connectivity index (χ3v) is 10.2. The summed E-state index contributed by atoms with van der Waals surface area (Å²) in [6.45, 7) is 14.2. The van der Waals surface area contributed by atoms with Gasteiger partial charge in [0.15, 0.2) is 5.78 Å². The van der Waals surface area contributed by atoms with Gasteiger partial charge in [0, 0.05) is 11.3 Å². The summed E-state index contributed by atoms with van der Waals surface area (Å²) in [6, 6.07) is 0. The predicted octanol–water partition coefficient (Wildman–Crippen LogP) is 4.31. The first-order valence-corrected chi connectivity index (χ1v) is 11.3. The first kappa shape index (κ1) is 17.9. The summed E-state index contributed by atoms with van der Waals surface area (Å²) >= 11 is 0.